The highest BCUT2D eigenvalue weighted by Gasteiger charge is 2.29. The third-order valence-electron chi connectivity index (χ3n) is 4.28. The van der Waals surface area contributed by atoms with Crippen molar-refractivity contribution < 1.29 is 9.13 Å². The van der Waals surface area contributed by atoms with Gasteiger partial charge in [-0.2, -0.15) is 0 Å². The van der Waals surface area contributed by atoms with E-state index in [1.807, 2.05) is 24.4 Å². The second-order valence-corrected chi connectivity index (χ2v) is 6.15. The molecule has 1 aliphatic heterocycles. The topological polar surface area (TPSA) is 43.2 Å². The monoisotopic (exact) mass is 338 g/mol. The Labute approximate surface area is 145 Å². The molecule has 1 atom stereocenters. The summed E-state index contributed by atoms with van der Waals surface area (Å²) in [7, 11) is 0. The van der Waals surface area contributed by atoms with Crippen LogP contribution >= 0.6 is 0 Å². The predicted molar refractivity (Wildman–Crippen MR) is 91.1 cm³/mol. The van der Waals surface area contributed by atoms with Crippen LogP contribution in [0.2, 0.25) is 0 Å². The van der Waals surface area contributed by atoms with E-state index in [1.165, 1.54) is 17.7 Å². The predicted octanol–water partition coefficient (Wildman–Crippen LogP) is 3.00. The standard InChI is InChI=1S/C19H19FN4O/c20-17-8-6-16(7-9-17)13-24-14-18(21-22-24)19-23(10-11-25-19)12-15-4-2-1-3-5-15/h1-9,14,19H,10-13H2/t19-/m0/s1. The molecule has 1 aromatic heterocycles. The highest BCUT2D eigenvalue weighted by Crippen LogP contribution is 2.26. The van der Waals surface area contributed by atoms with Gasteiger partial charge in [0.15, 0.2) is 6.23 Å². The van der Waals surface area contributed by atoms with Crippen LogP contribution in [0.4, 0.5) is 4.39 Å². The molecule has 0 radical (unpaired) electrons. The van der Waals surface area contributed by atoms with Crippen molar-refractivity contribution in [1.29, 1.82) is 0 Å². The molecule has 2 aromatic carbocycles. The maximum Gasteiger partial charge on any atom is 0.157 e. The average Bonchev–Trinajstić information content (AvgIpc) is 3.27. The molecule has 4 rings (SSSR count). The summed E-state index contributed by atoms with van der Waals surface area (Å²) in [5.74, 6) is -0.237. The van der Waals surface area contributed by atoms with Crippen LogP contribution in [0.25, 0.3) is 0 Å². The molecule has 0 unspecified atom stereocenters. The molecule has 5 nitrogen and oxygen atoms in total. The smallest absolute Gasteiger partial charge is 0.157 e. The summed E-state index contributed by atoms with van der Waals surface area (Å²) < 4.78 is 20.6. The first-order chi connectivity index (χ1) is 12.3. The maximum atomic E-state index is 13.0. The molecule has 2 heterocycles. The molecular weight excluding hydrogens is 319 g/mol. The van der Waals surface area contributed by atoms with Gasteiger partial charge in [0.25, 0.3) is 0 Å². The Balaban J connectivity index is 1.46. The molecule has 128 valence electrons. The van der Waals surface area contributed by atoms with Crippen molar-refractivity contribution in [1.82, 2.24) is 19.9 Å². The van der Waals surface area contributed by atoms with Crippen molar-refractivity contribution in [3.8, 4) is 0 Å². The number of hydrogen-bond acceptors (Lipinski definition) is 4. The Hall–Kier alpha value is -2.57. The lowest BCUT2D eigenvalue weighted by Crippen LogP contribution is -2.23. The quantitative estimate of drug-likeness (QED) is 0.717. The summed E-state index contributed by atoms with van der Waals surface area (Å²) in [6, 6.07) is 16.7. The maximum absolute atomic E-state index is 13.0. The molecule has 0 N–H and O–H groups in total. The number of halogens is 1. The molecular formula is C19H19FN4O. The zero-order valence-corrected chi connectivity index (χ0v) is 13.8. The number of hydrogen-bond donors (Lipinski definition) is 0. The lowest BCUT2D eigenvalue weighted by molar-refractivity contribution is 0.0252. The minimum atomic E-state index is -0.237. The SMILES string of the molecule is Fc1ccc(Cn2cc([C@@H]3OCCN3Cc3ccccc3)nn2)cc1. The van der Waals surface area contributed by atoms with Gasteiger partial charge < -0.3 is 4.74 Å². The third kappa shape index (κ3) is 3.75. The first-order valence-electron chi connectivity index (χ1n) is 8.32. The van der Waals surface area contributed by atoms with Crippen molar-refractivity contribution in [2.24, 2.45) is 0 Å². The summed E-state index contributed by atoms with van der Waals surface area (Å²) in [5, 5.41) is 8.46. The summed E-state index contributed by atoms with van der Waals surface area (Å²) in [5.41, 5.74) is 3.03. The van der Waals surface area contributed by atoms with Crippen molar-refractivity contribution in [3.05, 3.63) is 83.4 Å². The van der Waals surface area contributed by atoms with Gasteiger partial charge in [0.2, 0.25) is 0 Å². The van der Waals surface area contributed by atoms with Crippen LogP contribution in [0.15, 0.2) is 60.8 Å². The molecule has 1 saturated heterocycles. The summed E-state index contributed by atoms with van der Waals surface area (Å²) >= 11 is 0. The van der Waals surface area contributed by atoms with Gasteiger partial charge in [0, 0.05) is 13.1 Å². The largest absolute Gasteiger partial charge is 0.356 e. The van der Waals surface area contributed by atoms with Crippen molar-refractivity contribution >= 4 is 0 Å². The fraction of sp³-hybridized carbons (Fsp3) is 0.263. The van der Waals surface area contributed by atoms with Gasteiger partial charge in [-0.15, -0.1) is 5.10 Å². The molecule has 3 aromatic rings. The van der Waals surface area contributed by atoms with E-state index in [4.69, 9.17) is 4.74 Å². The van der Waals surface area contributed by atoms with Gasteiger partial charge >= 0.3 is 0 Å². The van der Waals surface area contributed by atoms with Crippen LogP contribution in [0.5, 0.6) is 0 Å². The Kier molecular flexibility index (Phi) is 4.54. The second kappa shape index (κ2) is 7.13. The Morgan fingerprint density at radius 3 is 2.56 bits per heavy atom. The third-order valence-corrected chi connectivity index (χ3v) is 4.28. The van der Waals surface area contributed by atoms with Crippen molar-refractivity contribution in [2.75, 3.05) is 13.2 Å². The van der Waals surface area contributed by atoms with Gasteiger partial charge in [-0.05, 0) is 23.3 Å². The van der Waals surface area contributed by atoms with Gasteiger partial charge in [-0.3, -0.25) is 4.90 Å². The molecule has 25 heavy (non-hydrogen) atoms. The molecule has 0 saturated carbocycles. The molecule has 0 aliphatic carbocycles. The summed E-state index contributed by atoms with van der Waals surface area (Å²) in [4.78, 5) is 2.25. The number of ether oxygens (including phenoxy) is 1. The number of rotatable bonds is 5. The average molecular weight is 338 g/mol. The van der Waals surface area contributed by atoms with Crippen molar-refractivity contribution in [3.63, 3.8) is 0 Å². The number of benzene rings is 2. The first kappa shape index (κ1) is 15.9. The first-order valence-corrected chi connectivity index (χ1v) is 8.32. The van der Waals surface area contributed by atoms with Gasteiger partial charge in [0.1, 0.15) is 11.5 Å². The molecule has 1 fully saturated rings. The van der Waals surface area contributed by atoms with E-state index in [0.717, 1.165) is 24.3 Å². The van der Waals surface area contributed by atoms with E-state index < -0.39 is 0 Å². The van der Waals surface area contributed by atoms with E-state index in [1.54, 1.807) is 16.8 Å². The molecule has 6 heteroatoms. The highest BCUT2D eigenvalue weighted by atomic mass is 19.1. The minimum Gasteiger partial charge on any atom is -0.356 e. The molecule has 1 aliphatic rings. The minimum absolute atomic E-state index is 0.179. The number of aromatic nitrogens is 3. The Morgan fingerprint density at radius 1 is 1.00 bits per heavy atom. The van der Waals surface area contributed by atoms with E-state index in [0.29, 0.717) is 13.2 Å². The number of nitrogens with zero attached hydrogens (tertiary/aromatic N) is 4. The van der Waals surface area contributed by atoms with Crippen molar-refractivity contribution in [2.45, 2.75) is 19.3 Å². The van der Waals surface area contributed by atoms with Crippen LogP contribution in [-0.4, -0.2) is 33.0 Å². The van der Waals surface area contributed by atoms with Crippen LogP contribution in [0, 0.1) is 5.82 Å². The summed E-state index contributed by atoms with van der Waals surface area (Å²) in [6.07, 6.45) is 1.72. The lowest BCUT2D eigenvalue weighted by Gasteiger charge is -2.20. The Bertz CT molecular complexity index is 819. The fourth-order valence-electron chi connectivity index (χ4n) is 3.04. The lowest BCUT2D eigenvalue weighted by atomic mass is 10.2. The van der Waals surface area contributed by atoms with Crippen LogP contribution in [-0.2, 0) is 17.8 Å². The van der Waals surface area contributed by atoms with Gasteiger partial charge in [-0.1, -0.05) is 47.7 Å². The van der Waals surface area contributed by atoms with Crippen LogP contribution in [0.1, 0.15) is 23.0 Å². The van der Waals surface area contributed by atoms with E-state index in [9.17, 15) is 4.39 Å². The van der Waals surface area contributed by atoms with Gasteiger partial charge in [-0.25, -0.2) is 9.07 Å². The normalized spacial score (nSPS) is 17.9. The van der Waals surface area contributed by atoms with Gasteiger partial charge in [0.05, 0.1) is 19.3 Å². The second-order valence-electron chi connectivity index (χ2n) is 6.15. The van der Waals surface area contributed by atoms with E-state index in [-0.39, 0.29) is 12.0 Å². The zero-order chi connectivity index (χ0) is 17.1. The molecule has 0 spiro atoms. The highest BCUT2D eigenvalue weighted by molar-refractivity contribution is 5.17. The molecule has 0 amide bonds. The fourth-order valence-corrected chi connectivity index (χ4v) is 3.04. The summed E-state index contributed by atoms with van der Waals surface area (Å²) in [6.45, 7) is 2.92. The molecule has 0 bridgehead atoms. The van der Waals surface area contributed by atoms with E-state index in [2.05, 4.69) is 27.3 Å². The Morgan fingerprint density at radius 2 is 1.76 bits per heavy atom. The zero-order valence-electron chi connectivity index (χ0n) is 13.8. The van der Waals surface area contributed by atoms with E-state index >= 15 is 0 Å². The van der Waals surface area contributed by atoms with Crippen LogP contribution < -0.4 is 0 Å². The van der Waals surface area contributed by atoms with Crippen LogP contribution in [0.3, 0.4) is 0 Å².